The van der Waals surface area contributed by atoms with Crippen molar-refractivity contribution in [1.29, 1.82) is 0 Å². The van der Waals surface area contributed by atoms with Crippen LogP contribution in [0.5, 0.6) is 0 Å². The SMILES string of the molecule is CNC(Cc1cccc(Cl)c1F)c1c(C)cc(C)cc1F. The Hall–Kier alpha value is -1.45. The van der Waals surface area contributed by atoms with Crippen molar-refractivity contribution < 1.29 is 8.78 Å². The Labute approximate surface area is 128 Å². The van der Waals surface area contributed by atoms with Crippen LogP contribution >= 0.6 is 11.6 Å². The van der Waals surface area contributed by atoms with Gasteiger partial charge >= 0.3 is 0 Å². The molecule has 0 spiro atoms. The topological polar surface area (TPSA) is 12.0 Å². The highest BCUT2D eigenvalue weighted by atomic mass is 35.5. The van der Waals surface area contributed by atoms with Gasteiger partial charge < -0.3 is 5.32 Å². The molecule has 0 saturated carbocycles. The second kappa shape index (κ2) is 6.54. The van der Waals surface area contributed by atoms with Crippen molar-refractivity contribution in [2.75, 3.05) is 7.05 Å². The molecule has 0 saturated heterocycles. The Morgan fingerprint density at radius 2 is 1.90 bits per heavy atom. The summed E-state index contributed by atoms with van der Waals surface area (Å²) in [5.74, 6) is -0.709. The predicted molar refractivity (Wildman–Crippen MR) is 82.8 cm³/mol. The highest BCUT2D eigenvalue weighted by Crippen LogP contribution is 2.28. The van der Waals surface area contributed by atoms with E-state index >= 15 is 0 Å². The van der Waals surface area contributed by atoms with Crippen molar-refractivity contribution in [3.8, 4) is 0 Å². The molecule has 0 bridgehead atoms. The molecule has 1 unspecified atom stereocenters. The maximum atomic E-state index is 14.3. The van der Waals surface area contributed by atoms with Crippen LogP contribution in [0, 0.1) is 25.5 Å². The molecule has 112 valence electrons. The Balaban J connectivity index is 2.39. The summed E-state index contributed by atoms with van der Waals surface area (Å²) in [6.45, 7) is 3.72. The molecule has 0 fully saturated rings. The van der Waals surface area contributed by atoms with Crippen LogP contribution in [0.1, 0.15) is 28.3 Å². The molecule has 4 heteroatoms. The summed E-state index contributed by atoms with van der Waals surface area (Å²) in [7, 11) is 1.74. The number of halogens is 3. The minimum Gasteiger partial charge on any atom is -0.313 e. The fraction of sp³-hybridized carbons (Fsp3) is 0.294. The summed E-state index contributed by atoms with van der Waals surface area (Å²) < 4.78 is 28.3. The van der Waals surface area contributed by atoms with Gasteiger partial charge in [-0.05, 0) is 56.1 Å². The molecular weight excluding hydrogens is 292 g/mol. The monoisotopic (exact) mass is 309 g/mol. The molecule has 1 atom stereocenters. The van der Waals surface area contributed by atoms with Crippen LogP contribution in [0.15, 0.2) is 30.3 Å². The van der Waals surface area contributed by atoms with Gasteiger partial charge in [0.2, 0.25) is 0 Å². The number of likely N-dealkylation sites (N-methyl/N-ethyl adjacent to an activating group) is 1. The lowest BCUT2D eigenvalue weighted by Crippen LogP contribution is -2.22. The van der Waals surface area contributed by atoms with E-state index in [1.165, 1.54) is 12.1 Å². The molecule has 21 heavy (non-hydrogen) atoms. The number of aryl methyl sites for hydroxylation is 2. The van der Waals surface area contributed by atoms with E-state index in [-0.39, 0.29) is 16.9 Å². The Morgan fingerprint density at radius 3 is 2.52 bits per heavy atom. The second-order valence-electron chi connectivity index (χ2n) is 5.24. The lowest BCUT2D eigenvalue weighted by atomic mass is 9.93. The zero-order valence-corrected chi connectivity index (χ0v) is 13.1. The van der Waals surface area contributed by atoms with Crippen molar-refractivity contribution >= 4 is 11.6 Å². The van der Waals surface area contributed by atoms with Gasteiger partial charge in [-0.1, -0.05) is 29.8 Å². The third-order valence-corrected chi connectivity index (χ3v) is 3.93. The first-order chi connectivity index (χ1) is 9.93. The third-order valence-electron chi connectivity index (χ3n) is 3.63. The minimum atomic E-state index is -0.440. The molecule has 1 N–H and O–H groups in total. The van der Waals surface area contributed by atoms with Crippen LogP contribution in [0.4, 0.5) is 8.78 Å². The van der Waals surface area contributed by atoms with Gasteiger partial charge in [0.1, 0.15) is 11.6 Å². The molecule has 0 heterocycles. The minimum absolute atomic E-state index is 0.0865. The van der Waals surface area contributed by atoms with Gasteiger partial charge in [-0.15, -0.1) is 0 Å². The molecule has 0 radical (unpaired) electrons. The number of hydrogen-bond donors (Lipinski definition) is 1. The standard InChI is InChI=1S/C17H18ClF2N/c1-10-7-11(2)16(14(19)8-10)15(21-3)9-12-5-4-6-13(18)17(12)20/h4-8,15,21H,9H2,1-3H3. The van der Waals surface area contributed by atoms with Gasteiger partial charge in [0, 0.05) is 11.6 Å². The van der Waals surface area contributed by atoms with E-state index in [1.54, 1.807) is 19.2 Å². The van der Waals surface area contributed by atoms with Crippen LogP contribution in [0.3, 0.4) is 0 Å². The lowest BCUT2D eigenvalue weighted by molar-refractivity contribution is 0.516. The first-order valence-corrected chi connectivity index (χ1v) is 7.18. The zero-order chi connectivity index (χ0) is 15.6. The van der Waals surface area contributed by atoms with E-state index in [1.807, 2.05) is 19.9 Å². The van der Waals surface area contributed by atoms with Gasteiger partial charge in [-0.2, -0.15) is 0 Å². The number of hydrogen-bond acceptors (Lipinski definition) is 1. The molecule has 0 aliphatic rings. The maximum absolute atomic E-state index is 14.3. The molecule has 1 nitrogen and oxygen atoms in total. The molecule has 0 aromatic heterocycles. The summed E-state index contributed by atoms with van der Waals surface area (Å²) in [5.41, 5.74) is 2.77. The van der Waals surface area contributed by atoms with Crippen molar-refractivity contribution in [2.24, 2.45) is 0 Å². The molecule has 0 aliphatic heterocycles. The first kappa shape index (κ1) is 15.9. The highest BCUT2D eigenvalue weighted by molar-refractivity contribution is 6.30. The largest absolute Gasteiger partial charge is 0.313 e. The van der Waals surface area contributed by atoms with Crippen LogP contribution < -0.4 is 5.32 Å². The van der Waals surface area contributed by atoms with Crippen LogP contribution in [0.25, 0.3) is 0 Å². The lowest BCUT2D eigenvalue weighted by Gasteiger charge is -2.21. The van der Waals surface area contributed by atoms with E-state index in [0.29, 0.717) is 17.5 Å². The summed E-state index contributed by atoms with van der Waals surface area (Å²) in [4.78, 5) is 0. The van der Waals surface area contributed by atoms with E-state index in [0.717, 1.165) is 11.1 Å². The quantitative estimate of drug-likeness (QED) is 0.860. The summed E-state index contributed by atoms with van der Waals surface area (Å²) >= 11 is 5.80. The normalized spacial score (nSPS) is 12.5. The Morgan fingerprint density at radius 1 is 1.19 bits per heavy atom. The smallest absolute Gasteiger partial charge is 0.145 e. The zero-order valence-electron chi connectivity index (χ0n) is 12.3. The van der Waals surface area contributed by atoms with E-state index in [4.69, 9.17) is 11.6 Å². The van der Waals surface area contributed by atoms with Crippen LogP contribution in [-0.4, -0.2) is 7.05 Å². The molecular formula is C17H18ClF2N. The second-order valence-corrected chi connectivity index (χ2v) is 5.64. The molecule has 0 aliphatic carbocycles. The van der Waals surface area contributed by atoms with Crippen LogP contribution in [-0.2, 0) is 6.42 Å². The van der Waals surface area contributed by atoms with E-state index < -0.39 is 5.82 Å². The van der Waals surface area contributed by atoms with Crippen molar-refractivity contribution in [1.82, 2.24) is 5.32 Å². The fourth-order valence-electron chi connectivity index (χ4n) is 2.64. The van der Waals surface area contributed by atoms with Crippen molar-refractivity contribution in [3.05, 3.63) is 69.2 Å². The molecule has 0 amide bonds. The Kier molecular flexibility index (Phi) is 4.96. The predicted octanol–water partition coefficient (Wildman–Crippen LogP) is 4.74. The van der Waals surface area contributed by atoms with Crippen LogP contribution in [0.2, 0.25) is 5.02 Å². The molecule has 2 rings (SSSR count). The fourth-order valence-corrected chi connectivity index (χ4v) is 2.84. The summed E-state index contributed by atoms with van der Waals surface area (Å²) in [6.07, 6.45) is 0.337. The molecule has 2 aromatic rings. The average Bonchev–Trinajstić information content (AvgIpc) is 2.41. The average molecular weight is 310 g/mol. The summed E-state index contributed by atoms with van der Waals surface area (Å²) in [6, 6.07) is 8.00. The van der Waals surface area contributed by atoms with Gasteiger partial charge in [0.05, 0.1) is 5.02 Å². The third kappa shape index (κ3) is 3.42. The highest BCUT2D eigenvalue weighted by Gasteiger charge is 2.19. The van der Waals surface area contributed by atoms with E-state index in [9.17, 15) is 8.78 Å². The van der Waals surface area contributed by atoms with Gasteiger partial charge in [-0.3, -0.25) is 0 Å². The van der Waals surface area contributed by atoms with Crippen molar-refractivity contribution in [2.45, 2.75) is 26.3 Å². The van der Waals surface area contributed by atoms with Gasteiger partial charge in [-0.25, -0.2) is 8.78 Å². The van der Waals surface area contributed by atoms with Gasteiger partial charge in [0.15, 0.2) is 0 Å². The molecule has 2 aromatic carbocycles. The Bertz CT molecular complexity index is 632. The number of rotatable bonds is 4. The summed E-state index contributed by atoms with van der Waals surface area (Å²) in [5, 5.41) is 3.15. The number of benzene rings is 2. The van der Waals surface area contributed by atoms with E-state index in [2.05, 4.69) is 5.32 Å². The number of nitrogens with one attached hydrogen (secondary N) is 1. The maximum Gasteiger partial charge on any atom is 0.145 e. The first-order valence-electron chi connectivity index (χ1n) is 6.80. The van der Waals surface area contributed by atoms with Gasteiger partial charge in [0.25, 0.3) is 0 Å². The van der Waals surface area contributed by atoms with Crippen molar-refractivity contribution in [3.63, 3.8) is 0 Å².